The van der Waals surface area contributed by atoms with Crippen LogP contribution >= 0.6 is 0 Å². The predicted octanol–water partition coefficient (Wildman–Crippen LogP) is 0.364. The summed E-state index contributed by atoms with van der Waals surface area (Å²) in [6.45, 7) is 4.80. The molecule has 0 aliphatic rings. The van der Waals surface area contributed by atoms with Crippen LogP contribution in [0.4, 0.5) is 0 Å². The van der Waals surface area contributed by atoms with Gasteiger partial charge in [0.1, 0.15) is 12.2 Å². The first-order valence-corrected chi connectivity index (χ1v) is 5.84. The van der Waals surface area contributed by atoms with Crippen LogP contribution in [0, 0.1) is 0 Å². The second-order valence-corrected chi connectivity index (χ2v) is 3.96. The van der Waals surface area contributed by atoms with Crippen LogP contribution in [-0.4, -0.2) is 30.9 Å². The molecule has 0 bridgehead atoms. The van der Waals surface area contributed by atoms with Gasteiger partial charge >= 0.3 is 0 Å². The van der Waals surface area contributed by atoms with Crippen LogP contribution in [0.1, 0.15) is 18.4 Å². The van der Waals surface area contributed by atoms with Crippen molar-refractivity contribution >= 4 is 0 Å². The first-order chi connectivity index (χ1) is 8.31. The van der Waals surface area contributed by atoms with Crippen molar-refractivity contribution in [2.24, 2.45) is 7.05 Å². The highest BCUT2D eigenvalue weighted by molar-refractivity contribution is 4.97. The molecule has 17 heavy (non-hydrogen) atoms. The van der Waals surface area contributed by atoms with Gasteiger partial charge in [0.15, 0.2) is 0 Å². The van der Waals surface area contributed by atoms with Gasteiger partial charge in [-0.05, 0) is 6.92 Å². The van der Waals surface area contributed by atoms with Crippen molar-refractivity contribution in [1.29, 1.82) is 0 Å². The Bertz CT molecular complexity index is 458. The van der Waals surface area contributed by atoms with Crippen molar-refractivity contribution in [3.05, 3.63) is 30.4 Å². The van der Waals surface area contributed by atoms with E-state index < -0.39 is 0 Å². The lowest BCUT2D eigenvalue weighted by molar-refractivity contribution is 0.613. The summed E-state index contributed by atoms with van der Waals surface area (Å²) in [6, 6.07) is 0. The van der Waals surface area contributed by atoms with Gasteiger partial charge in [-0.2, -0.15) is 0 Å². The molecule has 0 saturated heterocycles. The molecular formula is C11H18N6. The van der Waals surface area contributed by atoms with Gasteiger partial charge < -0.3 is 14.5 Å². The topological polar surface area (TPSA) is 60.6 Å². The van der Waals surface area contributed by atoms with Crippen LogP contribution in [0.25, 0.3) is 0 Å². The summed E-state index contributed by atoms with van der Waals surface area (Å²) in [7, 11) is 1.96. The molecule has 2 rings (SSSR count). The van der Waals surface area contributed by atoms with E-state index in [0.717, 1.165) is 31.9 Å². The van der Waals surface area contributed by atoms with Crippen molar-refractivity contribution in [2.45, 2.75) is 26.4 Å². The second-order valence-electron chi connectivity index (χ2n) is 3.96. The highest BCUT2D eigenvalue weighted by Crippen LogP contribution is 1.98. The molecule has 0 fully saturated rings. The van der Waals surface area contributed by atoms with Crippen molar-refractivity contribution < 1.29 is 0 Å². The smallest absolute Gasteiger partial charge is 0.133 e. The van der Waals surface area contributed by atoms with Crippen molar-refractivity contribution in [3.8, 4) is 0 Å². The summed E-state index contributed by atoms with van der Waals surface area (Å²) in [4.78, 5) is 4.13. The molecule has 2 heterocycles. The molecule has 0 amide bonds. The largest absolute Gasteiger partial charge is 0.334 e. The number of aryl methyl sites for hydroxylation is 2. The zero-order valence-electron chi connectivity index (χ0n) is 10.3. The number of imidazole rings is 1. The fourth-order valence-corrected chi connectivity index (χ4v) is 1.73. The first kappa shape index (κ1) is 11.8. The van der Waals surface area contributed by atoms with Crippen molar-refractivity contribution in [1.82, 2.24) is 29.6 Å². The third-order valence-corrected chi connectivity index (χ3v) is 2.78. The van der Waals surface area contributed by atoms with E-state index in [-0.39, 0.29) is 0 Å². The minimum absolute atomic E-state index is 0.839. The van der Waals surface area contributed by atoms with Crippen LogP contribution in [-0.2, 0) is 26.6 Å². The van der Waals surface area contributed by atoms with Crippen molar-refractivity contribution in [3.63, 3.8) is 0 Å². The number of hydrogen-bond donors (Lipinski definition) is 1. The molecule has 0 aromatic carbocycles. The average Bonchev–Trinajstić information content (AvgIpc) is 2.93. The van der Waals surface area contributed by atoms with Crippen LogP contribution < -0.4 is 5.32 Å². The van der Waals surface area contributed by atoms with Crippen LogP contribution in [0.3, 0.4) is 0 Å². The minimum atomic E-state index is 0.839. The Kier molecular flexibility index (Phi) is 3.87. The van der Waals surface area contributed by atoms with Gasteiger partial charge in [0.05, 0.1) is 12.0 Å². The highest BCUT2D eigenvalue weighted by atomic mass is 15.2. The van der Waals surface area contributed by atoms with E-state index in [4.69, 9.17) is 0 Å². The van der Waals surface area contributed by atoms with Crippen LogP contribution in [0.15, 0.2) is 18.9 Å². The molecule has 0 spiro atoms. The molecule has 2 aromatic rings. The summed E-state index contributed by atoms with van der Waals surface area (Å²) >= 11 is 0. The molecule has 92 valence electrons. The van der Waals surface area contributed by atoms with Gasteiger partial charge in [0, 0.05) is 39.3 Å². The van der Waals surface area contributed by atoms with Gasteiger partial charge in [-0.15, -0.1) is 10.2 Å². The summed E-state index contributed by atoms with van der Waals surface area (Å²) in [5, 5.41) is 11.3. The zero-order chi connectivity index (χ0) is 12.1. The summed E-state index contributed by atoms with van der Waals surface area (Å²) in [6.07, 6.45) is 6.37. The first-order valence-electron chi connectivity index (χ1n) is 5.84. The van der Waals surface area contributed by atoms with E-state index in [1.165, 1.54) is 5.69 Å². The monoisotopic (exact) mass is 234 g/mol. The number of rotatable bonds is 6. The number of aromatic nitrogens is 5. The lowest BCUT2D eigenvalue weighted by atomic mass is 10.3. The van der Waals surface area contributed by atoms with Gasteiger partial charge in [-0.3, -0.25) is 0 Å². The maximum atomic E-state index is 4.13. The van der Waals surface area contributed by atoms with Gasteiger partial charge in [-0.25, -0.2) is 4.98 Å². The Balaban J connectivity index is 1.75. The third kappa shape index (κ3) is 2.91. The molecule has 0 saturated carbocycles. The van der Waals surface area contributed by atoms with E-state index in [1.54, 1.807) is 6.33 Å². The molecule has 6 nitrogen and oxygen atoms in total. The average molecular weight is 234 g/mol. The van der Waals surface area contributed by atoms with Gasteiger partial charge in [-0.1, -0.05) is 0 Å². The second kappa shape index (κ2) is 5.58. The van der Waals surface area contributed by atoms with E-state index in [2.05, 4.69) is 32.0 Å². The van der Waals surface area contributed by atoms with E-state index in [9.17, 15) is 0 Å². The maximum absolute atomic E-state index is 4.13. The third-order valence-electron chi connectivity index (χ3n) is 2.78. The molecular weight excluding hydrogens is 216 g/mol. The summed E-state index contributed by atoms with van der Waals surface area (Å²) in [5.74, 6) is 1.00. The zero-order valence-corrected chi connectivity index (χ0v) is 10.3. The standard InChI is InChI=1S/C11H18N6/c1-3-17-8-13-7-10(17)6-12-5-4-11-15-14-9-16(11)2/h7-9,12H,3-6H2,1-2H3. The lowest BCUT2D eigenvalue weighted by Gasteiger charge is -2.06. The van der Waals surface area contributed by atoms with Gasteiger partial charge in [0.2, 0.25) is 0 Å². The lowest BCUT2D eigenvalue weighted by Crippen LogP contribution is -2.19. The number of nitrogens with zero attached hydrogens (tertiary/aromatic N) is 5. The molecule has 0 aliphatic carbocycles. The van der Waals surface area contributed by atoms with E-state index in [0.29, 0.717) is 0 Å². The summed E-state index contributed by atoms with van der Waals surface area (Å²) < 4.78 is 4.08. The van der Waals surface area contributed by atoms with Crippen LogP contribution in [0.5, 0.6) is 0 Å². The molecule has 2 aromatic heterocycles. The summed E-state index contributed by atoms with van der Waals surface area (Å²) in [5.41, 5.74) is 1.21. The fourth-order valence-electron chi connectivity index (χ4n) is 1.73. The Hall–Kier alpha value is -1.69. The van der Waals surface area contributed by atoms with E-state index in [1.807, 2.05) is 24.1 Å². The molecule has 1 N–H and O–H groups in total. The molecule has 0 aliphatic heterocycles. The molecule has 0 radical (unpaired) electrons. The Morgan fingerprint density at radius 2 is 2.24 bits per heavy atom. The van der Waals surface area contributed by atoms with E-state index >= 15 is 0 Å². The van der Waals surface area contributed by atoms with Gasteiger partial charge in [0.25, 0.3) is 0 Å². The Morgan fingerprint density at radius 3 is 2.94 bits per heavy atom. The normalized spacial score (nSPS) is 10.9. The SMILES string of the molecule is CCn1cncc1CNCCc1nncn1C. The Morgan fingerprint density at radius 1 is 1.35 bits per heavy atom. The number of hydrogen-bond acceptors (Lipinski definition) is 4. The minimum Gasteiger partial charge on any atom is -0.334 e. The fraction of sp³-hybridized carbons (Fsp3) is 0.545. The number of nitrogens with one attached hydrogen (secondary N) is 1. The quantitative estimate of drug-likeness (QED) is 0.733. The molecule has 0 unspecified atom stereocenters. The maximum Gasteiger partial charge on any atom is 0.133 e. The molecule has 6 heteroatoms. The Labute approximate surface area is 101 Å². The van der Waals surface area contributed by atoms with Crippen LogP contribution in [0.2, 0.25) is 0 Å². The van der Waals surface area contributed by atoms with Crippen molar-refractivity contribution in [2.75, 3.05) is 6.54 Å². The molecule has 0 atom stereocenters. The predicted molar refractivity (Wildman–Crippen MR) is 64.3 cm³/mol. The highest BCUT2D eigenvalue weighted by Gasteiger charge is 2.01.